The molecule has 3 aromatic rings. The van der Waals surface area contributed by atoms with Gasteiger partial charge < -0.3 is 9.63 Å². The highest BCUT2D eigenvalue weighted by atomic mass is 32.1. The minimum Gasteiger partial charge on any atom is -0.396 e. The SMILES string of the molecule is OCCCc1nc(-c2cnc3ccsc3c2)no1. The van der Waals surface area contributed by atoms with Crippen LogP contribution in [0.3, 0.4) is 0 Å². The highest BCUT2D eigenvalue weighted by Crippen LogP contribution is 2.24. The van der Waals surface area contributed by atoms with Crippen LogP contribution in [0.5, 0.6) is 0 Å². The van der Waals surface area contributed by atoms with Crippen molar-refractivity contribution in [2.45, 2.75) is 12.8 Å². The van der Waals surface area contributed by atoms with Crippen LogP contribution in [0.1, 0.15) is 12.3 Å². The van der Waals surface area contributed by atoms with Crippen LogP contribution in [0.4, 0.5) is 0 Å². The van der Waals surface area contributed by atoms with Crippen LogP contribution in [0.2, 0.25) is 0 Å². The molecule has 0 aliphatic carbocycles. The molecule has 5 nitrogen and oxygen atoms in total. The Bertz CT molecular complexity index is 662. The van der Waals surface area contributed by atoms with E-state index >= 15 is 0 Å². The molecule has 0 saturated heterocycles. The number of nitrogens with zero attached hydrogens (tertiary/aromatic N) is 3. The van der Waals surface area contributed by atoms with Gasteiger partial charge in [0, 0.05) is 24.8 Å². The Hall–Kier alpha value is -1.79. The summed E-state index contributed by atoms with van der Waals surface area (Å²) in [6.45, 7) is 0.125. The van der Waals surface area contributed by atoms with Gasteiger partial charge in [0.25, 0.3) is 0 Å². The molecule has 0 aromatic carbocycles. The molecule has 0 spiro atoms. The molecule has 18 heavy (non-hydrogen) atoms. The van der Waals surface area contributed by atoms with Crippen molar-refractivity contribution in [1.29, 1.82) is 0 Å². The summed E-state index contributed by atoms with van der Waals surface area (Å²) in [4.78, 5) is 8.62. The number of aliphatic hydroxyl groups is 1. The highest BCUT2D eigenvalue weighted by molar-refractivity contribution is 7.17. The van der Waals surface area contributed by atoms with Gasteiger partial charge in [-0.25, -0.2) is 0 Å². The molecule has 0 bridgehead atoms. The Kier molecular flexibility index (Phi) is 3.04. The van der Waals surface area contributed by atoms with Gasteiger partial charge in [-0.15, -0.1) is 11.3 Å². The van der Waals surface area contributed by atoms with Crippen LogP contribution in [-0.2, 0) is 6.42 Å². The van der Waals surface area contributed by atoms with E-state index in [2.05, 4.69) is 15.1 Å². The number of pyridine rings is 1. The zero-order valence-corrected chi connectivity index (χ0v) is 10.4. The molecule has 3 rings (SSSR count). The van der Waals surface area contributed by atoms with Crippen molar-refractivity contribution in [2.75, 3.05) is 6.61 Å². The van der Waals surface area contributed by atoms with E-state index in [1.54, 1.807) is 17.5 Å². The summed E-state index contributed by atoms with van der Waals surface area (Å²) in [6.07, 6.45) is 2.97. The first-order valence-electron chi connectivity index (χ1n) is 5.64. The number of hydrogen-bond acceptors (Lipinski definition) is 6. The Morgan fingerprint density at radius 1 is 1.39 bits per heavy atom. The summed E-state index contributed by atoms with van der Waals surface area (Å²) < 4.78 is 6.22. The zero-order valence-electron chi connectivity index (χ0n) is 9.54. The lowest BCUT2D eigenvalue weighted by Crippen LogP contribution is -1.89. The molecule has 1 N–H and O–H groups in total. The van der Waals surface area contributed by atoms with Crippen molar-refractivity contribution in [3.8, 4) is 11.4 Å². The third-order valence-corrected chi connectivity index (χ3v) is 3.43. The first kappa shape index (κ1) is 11.3. The maximum atomic E-state index is 8.75. The Morgan fingerprint density at radius 3 is 3.22 bits per heavy atom. The number of thiophene rings is 1. The summed E-state index contributed by atoms with van der Waals surface area (Å²) in [6, 6.07) is 3.99. The van der Waals surface area contributed by atoms with Crippen molar-refractivity contribution in [3.05, 3.63) is 29.6 Å². The molecule has 0 radical (unpaired) electrons. The second kappa shape index (κ2) is 4.83. The van der Waals surface area contributed by atoms with E-state index in [0.717, 1.165) is 15.8 Å². The van der Waals surface area contributed by atoms with Crippen molar-refractivity contribution < 1.29 is 9.63 Å². The zero-order chi connectivity index (χ0) is 12.4. The predicted octanol–water partition coefficient (Wildman–Crippen LogP) is 2.27. The second-order valence-corrected chi connectivity index (χ2v) is 4.81. The van der Waals surface area contributed by atoms with Crippen LogP contribution in [0.15, 0.2) is 28.2 Å². The molecule has 0 aliphatic rings. The van der Waals surface area contributed by atoms with Crippen LogP contribution in [-0.4, -0.2) is 26.8 Å². The summed E-state index contributed by atoms with van der Waals surface area (Å²) in [7, 11) is 0. The van der Waals surface area contributed by atoms with E-state index in [0.29, 0.717) is 24.6 Å². The van der Waals surface area contributed by atoms with Gasteiger partial charge in [-0.1, -0.05) is 5.16 Å². The minimum absolute atomic E-state index is 0.125. The third-order valence-electron chi connectivity index (χ3n) is 2.58. The normalized spacial score (nSPS) is 11.2. The van der Waals surface area contributed by atoms with Crippen LogP contribution >= 0.6 is 11.3 Å². The lowest BCUT2D eigenvalue weighted by atomic mass is 10.2. The van der Waals surface area contributed by atoms with Gasteiger partial charge in [-0.05, 0) is 23.9 Å². The second-order valence-electron chi connectivity index (χ2n) is 3.87. The molecule has 6 heteroatoms. The number of aryl methyl sites for hydroxylation is 1. The number of aromatic nitrogens is 3. The number of aliphatic hydroxyl groups excluding tert-OH is 1. The molecule has 0 saturated carbocycles. The number of fused-ring (bicyclic) bond motifs is 1. The average molecular weight is 261 g/mol. The highest BCUT2D eigenvalue weighted by Gasteiger charge is 2.09. The lowest BCUT2D eigenvalue weighted by molar-refractivity contribution is 0.278. The summed E-state index contributed by atoms with van der Waals surface area (Å²) in [5.41, 5.74) is 1.83. The van der Waals surface area contributed by atoms with Gasteiger partial charge in [0.2, 0.25) is 11.7 Å². The average Bonchev–Trinajstić information content (AvgIpc) is 3.04. The molecule has 0 unspecified atom stereocenters. The number of hydrogen-bond donors (Lipinski definition) is 1. The van der Waals surface area contributed by atoms with Gasteiger partial charge in [-0.2, -0.15) is 4.98 Å². The van der Waals surface area contributed by atoms with Gasteiger partial charge >= 0.3 is 0 Å². The van der Waals surface area contributed by atoms with Gasteiger partial charge in [0.05, 0.1) is 10.2 Å². The first-order chi connectivity index (χ1) is 8.86. The van der Waals surface area contributed by atoms with Crippen molar-refractivity contribution in [3.63, 3.8) is 0 Å². The van der Waals surface area contributed by atoms with Gasteiger partial charge in [0.1, 0.15) is 0 Å². The van der Waals surface area contributed by atoms with E-state index in [1.807, 2.05) is 17.5 Å². The van der Waals surface area contributed by atoms with Crippen molar-refractivity contribution >= 4 is 21.6 Å². The molecular weight excluding hydrogens is 250 g/mol. The molecule has 0 atom stereocenters. The summed E-state index contributed by atoms with van der Waals surface area (Å²) >= 11 is 1.64. The molecule has 0 amide bonds. The number of rotatable bonds is 4. The predicted molar refractivity (Wildman–Crippen MR) is 68.3 cm³/mol. The van der Waals surface area contributed by atoms with E-state index < -0.39 is 0 Å². The summed E-state index contributed by atoms with van der Waals surface area (Å²) in [5.74, 6) is 1.09. The van der Waals surface area contributed by atoms with E-state index in [-0.39, 0.29) is 6.61 Å². The molecular formula is C12H11N3O2S. The van der Waals surface area contributed by atoms with Gasteiger partial charge in [0.15, 0.2) is 0 Å². The fraction of sp³-hybridized carbons (Fsp3) is 0.250. The molecule has 92 valence electrons. The molecule has 3 aromatic heterocycles. The Morgan fingerprint density at radius 2 is 2.33 bits per heavy atom. The van der Waals surface area contributed by atoms with Crippen LogP contribution in [0, 0.1) is 0 Å². The largest absolute Gasteiger partial charge is 0.396 e. The topological polar surface area (TPSA) is 72.0 Å². The monoisotopic (exact) mass is 261 g/mol. The maximum absolute atomic E-state index is 8.75. The molecule has 3 heterocycles. The van der Waals surface area contributed by atoms with Crippen LogP contribution < -0.4 is 0 Å². The smallest absolute Gasteiger partial charge is 0.227 e. The van der Waals surface area contributed by atoms with Gasteiger partial charge in [-0.3, -0.25) is 4.98 Å². The maximum Gasteiger partial charge on any atom is 0.227 e. The van der Waals surface area contributed by atoms with E-state index in [9.17, 15) is 0 Å². The quantitative estimate of drug-likeness (QED) is 0.780. The Labute approximate surface area is 107 Å². The Balaban J connectivity index is 1.90. The minimum atomic E-state index is 0.125. The van der Waals surface area contributed by atoms with E-state index in [4.69, 9.17) is 9.63 Å². The third kappa shape index (κ3) is 2.12. The van der Waals surface area contributed by atoms with Crippen molar-refractivity contribution in [1.82, 2.24) is 15.1 Å². The standard InChI is InChI=1S/C12H11N3O2S/c16-4-1-2-11-14-12(15-17-11)8-6-10-9(13-7-8)3-5-18-10/h3,5-7,16H,1-2,4H2. The summed E-state index contributed by atoms with van der Waals surface area (Å²) in [5, 5.41) is 14.7. The first-order valence-corrected chi connectivity index (χ1v) is 6.52. The van der Waals surface area contributed by atoms with E-state index in [1.165, 1.54) is 0 Å². The van der Waals surface area contributed by atoms with Crippen molar-refractivity contribution in [2.24, 2.45) is 0 Å². The fourth-order valence-electron chi connectivity index (χ4n) is 1.67. The van der Waals surface area contributed by atoms with Crippen LogP contribution in [0.25, 0.3) is 21.6 Å². The molecule has 0 fully saturated rings. The fourth-order valence-corrected chi connectivity index (χ4v) is 2.45. The lowest BCUT2D eigenvalue weighted by Gasteiger charge is -1.93. The molecule has 0 aliphatic heterocycles.